The van der Waals surface area contributed by atoms with Crippen molar-refractivity contribution in [2.75, 3.05) is 6.61 Å². The first-order chi connectivity index (χ1) is 8.12. The lowest BCUT2D eigenvalue weighted by atomic mass is 9.98. The number of hydrogen-bond acceptors (Lipinski definition) is 3. The van der Waals surface area contributed by atoms with Crippen LogP contribution in [0.5, 0.6) is 0 Å². The molecule has 0 unspecified atom stereocenters. The number of aryl methyl sites for hydroxylation is 1. The van der Waals surface area contributed by atoms with Crippen LogP contribution < -0.4 is 0 Å². The highest BCUT2D eigenvalue weighted by Crippen LogP contribution is 2.20. The molecule has 0 aliphatic carbocycles. The predicted molar refractivity (Wildman–Crippen MR) is 73.6 cm³/mol. The van der Waals surface area contributed by atoms with Crippen LogP contribution in [-0.2, 0) is 22.4 Å². The molecule has 0 N–H and O–H groups in total. The maximum absolute atomic E-state index is 11.5. The third-order valence-electron chi connectivity index (χ3n) is 2.40. The van der Waals surface area contributed by atoms with E-state index in [4.69, 9.17) is 10.00 Å². The van der Waals surface area contributed by atoms with Crippen molar-refractivity contribution in [2.45, 2.75) is 26.7 Å². The molecule has 0 amide bonds. The lowest BCUT2D eigenvalue weighted by Gasteiger charge is -2.09. The van der Waals surface area contributed by atoms with E-state index in [1.54, 1.807) is 6.92 Å². The molecule has 4 heteroatoms. The van der Waals surface area contributed by atoms with E-state index in [9.17, 15) is 4.79 Å². The van der Waals surface area contributed by atoms with Crippen molar-refractivity contribution in [3.8, 4) is 6.07 Å². The van der Waals surface area contributed by atoms with E-state index in [0.29, 0.717) is 12.2 Å². The van der Waals surface area contributed by atoms with Gasteiger partial charge in [-0.3, -0.25) is 4.79 Å². The molecule has 0 aromatic heterocycles. The summed E-state index contributed by atoms with van der Waals surface area (Å²) in [5.41, 5.74) is 2.36. The summed E-state index contributed by atoms with van der Waals surface area (Å²) in [5, 5.41) is 9.16. The molecule has 3 nitrogen and oxygen atoms in total. The highest BCUT2D eigenvalue weighted by atomic mass is 127. The van der Waals surface area contributed by atoms with Gasteiger partial charge >= 0.3 is 5.97 Å². The quantitative estimate of drug-likeness (QED) is 0.624. The second kappa shape index (κ2) is 6.60. The molecule has 1 rings (SSSR count). The van der Waals surface area contributed by atoms with Crippen molar-refractivity contribution < 1.29 is 9.53 Å². The summed E-state index contributed by atoms with van der Waals surface area (Å²) < 4.78 is 5.95. The topological polar surface area (TPSA) is 50.1 Å². The maximum atomic E-state index is 11.5. The molecule has 0 aliphatic heterocycles. The van der Waals surface area contributed by atoms with Gasteiger partial charge in [0.05, 0.1) is 24.7 Å². The van der Waals surface area contributed by atoms with Crippen molar-refractivity contribution in [2.24, 2.45) is 0 Å². The van der Waals surface area contributed by atoms with Gasteiger partial charge in [0.25, 0.3) is 0 Å². The van der Waals surface area contributed by atoms with Crippen molar-refractivity contribution in [3.63, 3.8) is 0 Å². The second-order valence-corrected chi connectivity index (χ2v) is 4.79. The average molecular weight is 343 g/mol. The fraction of sp³-hybridized carbons (Fsp3) is 0.385. The van der Waals surface area contributed by atoms with Gasteiger partial charge in [0.15, 0.2) is 0 Å². The Labute approximate surface area is 115 Å². The van der Waals surface area contributed by atoms with Crippen molar-refractivity contribution >= 4 is 28.6 Å². The molecule has 1 aromatic rings. The van der Waals surface area contributed by atoms with E-state index in [0.717, 1.165) is 21.1 Å². The number of carbonyl (C=O) groups excluding carboxylic acids is 1. The highest BCUT2D eigenvalue weighted by Gasteiger charge is 2.13. The van der Waals surface area contributed by atoms with Crippen LogP contribution in [0.1, 0.15) is 30.5 Å². The van der Waals surface area contributed by atoms with Gasteiger partial charge in [0, 0.05) is 3.57 Å². The van der Waals surface area contributed by atoms with E-state index >= 15 is 0 Å². The fourth-order valence-electron chi connectivity index (χ4n) is 1.65. The Morgan fingerprint density at radius 1 is 1.41 bits per heavy atom. The smallest absolute Gasteiger partial charge is 0.310 e. The van der Waals surface area contributed by atoms with Crippen LogP contribution >= 0.6 is 22.6 Å². The zero-order valence-electron chi connectivity index (χ0n) is 9.92. The standard InChI is InChI=1S/C13H14INO2/c1-3-9-5-11(14)6-10(12(9)8-15)7-13(16)17-4-2/h5-6H,3-4,7H2,1-2H3. The average Bonchev–Trinajstić information content (AvgIpc) is 2.28. The maximum Gasteiger partial charge on any atom is 0.310 e. The summed E-state index contributed by atoms with van der Waals surface area (Å²) in [6.45, 7) is 4.14. The fourth-order valence-corrected chi connectivity index (χ4v) is 2.41. The monoisotopic (exact) mass is 343 g/mol. The van der Waals surface area contributed by atoms with Gasteiger partial charge in [-0.2, -0.15) is 5.26 Å². The summed E-state index contributed by atoms with van der Waals surface area (Å²) in [4.78, 5) is 11.5. The lowest BCUT2D eigenvalue weighted by Crippen LogP contribution is -2.10. The Kier molecular flexibility index (Phi) is 5.42. The predicted octanol–water partition coefficient (Wildman–Crippen LogP) is 2.83. The molecule has 0 aliphatic rings. The SMILES string of the molecule is CCOC(=O)Cc1cc(I)cc(CC)c1C#N. The van der Waals surface area contributed by atoms with Crippen LogP contribution in [0.3, 0.4) is 0 Å². The van der Waals surface area contributed by atoms with Gasteiger partial charge in [0.1, 0.15) is 0 Å². The van der Waals surface area contributed by atoms with E-state index in [1.165, 1.54) is 0 Å². The number of benzene rings is 1. The van der Waals surface area contributed by atoms with Crippen LogP contribution in [-0.4, -0.2) is 12.6 Å². The Morgan fingerprint density at radius 3 is 2.59 bits per heavy atom. The van der Waals surface area contributed by atoms with E-state index in [-0.39, 0.29) is 12.4 Å². The summed E-state index contributed by atoms with van der Waals surface area (Å²) in [6, 6.07) is 6.03. The zero-order chi connectivity index (χ0) is 12.8. The Bertz CT molecular complexity index is 463. The molecule has 0 saturated carbocycles. The minimum atomic E-state index is -0.284. The summed E-state index contributed by atoms with van der Waals surface area (Å²) in [7, 11) is 0. The van der Waals surface area contributed by atoms with Crippen LogP contribution in [0, 0.1) is 14.9 Å². The molecule has 90 valence electrons. The third kappa shape index (κ3) is 3.70. The van der Waals surface area contributed by atoms with Gasteiger partial charge in [-0.25, -0.2) is 0 Å². The first kappa shape index (κ1) is 14.0. The molecule has 17 heavy (non-hydrogen) atoms. The highest BCUT2D eigenvalue weighted by molar-refractivity contribution is 14.1. The van der Waals surface area contributed by atoms with Gasteiger partial charge in [-0.15, -0.1) is 0 Å². The molecule has 0 spiro atoms. The molecular weight excluding hydrogens is 329 g/mol. The zero-order valence-corrected chi connectivity index (χ0v) is 12.1. The number of nitriles is 1. The summed E-state index contributed by atoms with van der Waals surface area (Å²) >= 11 is 2.19. The summed E-state index contributed by atoms with van der Waals surface area (Å²) in [6.07, 6.45) is 0.954. The molecule has 0 fully saturated rings. The van der Waals surface area contributed by atoms with Crippen LogP contribution in [0.2, 0.25) is 0 Å². The number of esters is 1. The number of halogens is 1. The third-order valence-corrected chi connectivity index (χ3v) is 3.02. The molecular formula is C13H14INO2. The van der Waals surface area contributed by atoms with E-state index in [1.807, 2.05) is 19.1 Å². The number of carbonyl (C=O) groups is 1. The molecule has 0 bridgehead atoms. The minimum Gasteiger partial charge on any atom is -0.466 e. The Morgan fingerprint density at radius 2 is 2.06 bits per heavy atom. The molecule has 0 heterocycles. The molecule has 0 saturated heterocycles. The van der Waals surface area contributed by atoms with Crippen molar-refractivity contribution in [3.05, 3.63) is 32.4 Å². The molecule has 0 radical (unpaired) electrons. The van der Waals surface area contributed by atoms with E-state index in [2.05, 4.69) is 28.7 Å². The number of rotatable bonds is 4. The second-order valence-electron chi connectivity index (χ2n) is 3.55. The van der Waals surface area contributed by atoms with Crippen LogP contribution in [0.4, 0.5) is 0 Å². The van der Waals surface area contributed by atoms with Gasteiger partial charge in [-0.1, -0.05) is 6.92 Å². The first-order valence-corrected chi connectivity index (χ1v) is 6.57. The largest absolute Gasteiger partial charge is 0.466 e. The van der Waals surface area contributed by atoms with Crippen LogP contribution in [0.15, 0.2) is 12.1 Å². The molecule has 0 atom stereocenters. The number of hydrogen-bond donors (Lipinski definition) is 0. The normalized spacial score (nSPS) is 9.76. The number of ether oxygens (including phenoxy) is 1. The van der Waals surface area contributed by atoms with Crippen molar-refractivity contribution in [1.82, 2.24) is 0 Å². The van der Waals surface area contributed by atoms with Crippen molar-refractivity contribution in [1.29, 1.82) is 5.26 Å². The Hall–Kier alpha value is -1.09. The van der Waals surface area contributed by atoms with E-state index < -0.39 is 0 Å². The lowest BCUT2D eigenvalue weighted by molar-refractivity contribution is -0.142. The first-order valence-electron chi connectivity index (χ1n) is 5.49. The molecule has 1 aromatic carbocycles. The summed E-state index contributed by atoms with van der Waals surface area (Å²) in [5.74, 6) is -0.284. The Balaban J connectivity index is 3.10. The van der Waals surface area contributed by atoms with Crippen LogP contribution in [0.25, 0.3) is 0 Å². The van der Waals surface area contributed by atoms with Gasteiger partial charge in [-0.05, 0) is 59.2 Å². The number of nitrogens with zero attached hydrogens (tertiary/aromatic N) is 1. The van der Waals surface area contributed by atoms with Gasteiger partial charge < -0.3 is 4.74 Å². The minimum absolute atomic E-state index is 0.167. The van der Waals surface area contributed by atoms with Gasteiger partial charge in [0.2, 0.25) is 0 Å².